The molecule has 1 atom stereocenters. The van der Waals surface area contributed by atoms with E-state index < -0.39 is 0 Å². The zero-order valence-electron chi connectivity index (χ0n) is 11.4. The Hall–Kier alpha value is -1.29. The molecule has 1 unspecified atom stereocenters. The molecule has 20 heavy (non-hydrogen) atoms. The highest BCUT2D eigenvalue weighted by molar-refractivity contribution is 6.33. The van der Waals surface area contributed by atoms with E-state index in [4.69, 9.17) is 27.9 Å². The highest BCUT2D eigenvalue weighted by Gasteiger charge is 2.10. The molecule has 0 radical (unpaired) electrons. The number of rotatable bonds is 5. The summed E-state index contributed by atoms with van der Waals surface area (Å²) in [5, 5.41) is 4.79. The van der Waals surface area contributed by atoms with Gasteiger partial charge >= 0.3 is 0 Å². The van der Waals surface area contributed by atoms with E-state index in [1.165, 1.54) is 0 Å². The van der Waals surface area contributed by atoms with Crippen LogP contribution in [-0.2, 0) is 6.54 Å². The monoisotopic (exact) mass is 310 g/mol. The Kier molecular flexibility index (Phi) is 5.24. The van der Waals surface area contributed by atoms with E-state index in [9.17, 15) is 0 Å². The van der Waals surface area contributed by atoms with E-state index >= 15 is 0 Å². The molecule has 2 rings (SSSR count). The van der Waals surface area contributed by atoms with Crippen LogP contribution in [0.1, 0.15) is 24.1 Å². The van der Waals surface area contributed by atoms with E-state index in [0.29, 0.717) is 22.5 Å². The fraction of sp³-hybridized carbons (Fsp3) is 0.267. The Bertz CT molecular complexity index is 573. The number of hydrogen-bond acceptors (Lipinski definition) is 3. The number of ether oxygens (including phenoxy) is 1. The number of benzene rings is 1. The Labute approximate surface area is 128 Å². The summed E-state index contributed by atoms with van der Waals surface area (Å²) in [6, 6.07) is 9.40. The van der Waals surface area contributed by atoms with E-state index in [0.717, 1.165) is 11.1 Å². The van der Waals surface area contributed by atoms with Crippen molar-refractivity contribution in [1.29, 1.82) is 0 Å². The fourth-order valence-corrected chi connectivity index (χ4v) is 2.33. The van der Waals surface area contributed by atoms with Gasteiger partial charge in [-0.2, -0.15) is 0 Å². The first-order valence-electron chi connectivity index (χ1n) is 6.27. The molecule has 0 fully saturated rings. The van der Waals surface area contributed by atoms with Gasteiger partial charge in [-0.1, -0.05) is 29.3 Å². The summed E-state index contributed by atoms with van der Waals surface area (Å²) >= 11 is 12.2. The van der Waals surface area contributed by atoms with Gasteiger partial charge in [-0.3, -0.25) is 0 Å². The lowest BCUT2D eigenvalue weighted by molar-refractivity contribution is 0.397. The second-order valence-electron chi connectivity index (χ2n) is 4.48. The smallest absolute Gasteiger partial charge is 0.212 e. The van der Waals surface area contributed by atoms with Crippen LogP contribution in [0.2, 0.25) is 10.0 Å². The minimum atomic E-state index is 0.100. The molecule has 1 heterocycles. The molecule has 1 N–H and O–H groups in total. The predicted octanol–water partition coefficient (Wildman–Crippen LogP) is 4.25. The van der Waals surface area contributed by atoms with Crippen LogP contribution in [0.25, 0.3) is 0 Å². The number of pyridine rings is 1. The highest BCUT2D eigenvalue weighted by Crippen LogP contribution is 2.26. The summed E-state index contributed by atoms with van der Waals surface area (Å²) in [4.78, 5) is 4.17. The molecule has 3 nitrogen and oxygen atoms in total. The highest BCUT2D eigenvalue weighted by atomic mass is 35.5. The van der Waals surface area contributed by atoms with Gasteiger partial charge in [0.2, 0.25) is 5.88 Å². The van der Waals surface area contributed by atoms with Crippen LogP contribution in [0, 0.1) is 0 Å². The molecule has 1 aromatic heterocycles. The first-order chi connectivity index (χ1) is 9.60. The largest absolute Gasteiger partial charge is 0.481 e. The standard InChI is InChI=1S/C15H16Cl2N2O/c1-10(13-7-12(16)4-5-14(13)17)18-8-11-3-6-15(20-2)19-9-11/h3-7,9-10,18H,8H2,1-2H3. The molecule has 5 heteroatoms. The number of nitrogens with one attached hydrogen (secondary N) is 1. The molecule has 0 amide bonds. The lowest BCUT2D eigenvalue weighted by atomic mass is 10.1. The molecule has 0 aliphatic carbocycles. The zero-order chi connectivity index (χ0) is 14.5. The van der Waals surface area contributed by atoms with Gasteiger partial charge in [0, 0.05) is 34.9 Å². The van der Waals surface area contributed by atoms with Crippen LogP contribution in [-0.4, -0.2) is 12.1 Å². The van der Waals surface area contributed by atoms with Gasteiger partial charge in [-0.25, -0.2) is 4.98 Å². The van der Waals surface area contributed by atoms with Crippen molar-refractivity contribution in [3.8, 4) is 5.88 Å². The summed E-state index contributed by atoms with van der Waals surface area (Å²) in [6.07, 6.45) is 1.79. The Morgan fingerprint density at radius 3 is 2.70 bits per heavy atom. The molecule has 0 spiro atoms. The lowest BCUT2D eigenvalue weighted by Crippen LogP contribution is -2.18. The summed E-state index contributed by atoms with van der Waals surface area (Å²) in [5.74, 6) is 0.611. The van der Waals surface area contributed by atoms with E-state index in [2.05, 4.69) is 17.2 Å². The molecule has 2 aromatic rings. The van der Waals surface area contributed by atoms with Crippen molar-refractivity contribution in [3.05, 3.63) is 57.7 Å². The number of halogens is 2. The van der Waals surface area contributed by atoms with Crippen molar-refractivity contribution < 1.29 is 4.74 Å². The van der Waals surface area contributed by atoms with Crippen molar-refractivity contribution in [2.45, 2.75) is 19.5 Å². The van der Waals surface area contributed by atoms with Crippen LogP contribution in [0.15, 0.2) is 36.5 Å². The molecule has 1 aromatic carbocycles. The summed E-state index contributed by atoms with van der Waals surface area (Å²) in [7, 11) is 1.60. The van der Waals surface area contributed by atoms with Gasteiger partial charge in [0.1, 0.15) is 0 Å². The maximum absolute atomic E-state index is 6.18. The minimum Gasteiger partial charge on any atom is -0.481 e. The van der Waals surface area contributed by atoms with Crippen molar-refractivity contribution in [2.75, 3.05) is 7.11 Å². The molecule has 106 valence electrons. The average Bonchev–Trinajstić information content (AvgIpc) is 2.47. The third kappa shape index (κ3) is 3.85. The Morgan fingerprint density at radius 2 is 2.05 bits per heavy atom. The maximum Gasteiger partial charge on any atom is 0.212 e. The predicted molar refractivity (Wildman–Crippen MR) is 82.5 cm³/mol. The van der Waals surface area contributed by atoms with Crippen molar-refractivity contribution in [1.82, 2.24) is 10.3 Å². The first-order valence-corrected chi connectivity index (χ1v) is 7.03. The van der Waals surface area contributed by atoms with Gasteiger partial charge in [-0.05, 0) is 36.2 Å². The topological polar surface area (TPSA) is 34.1 Å². The third-order valence-corrected chi connectivity index (χ3v) is 3.62. The van der Waals surface area contributed by atoms with Crippen LogP contribution in [0.3, 0.4) is 0 Å². The maximum atomic E-state index is 6.18. The minimum absolute atomic E-state index is 0.100. The SMILES string of the molecule is COc1ccc(CNC(C)c2cc(Cl)ccc2Cl)cn1. The molecule has 0 aliphatic heterocycles. The van der Waals surface area contributed by atoms with E-state index in [1.807, 2.05) is 24.3 Å². The van der Waals surface area contributed by atoms with E-state index in [-0.39, 0.29) is 6.04 Å². The number of methoxy groups -OCH3 is 1. The van der Waals surface area contributed by atoms with Crippen molar-refractivity contribution in [2.24, 2.45) is 0 Å². The van der Waals surface area contributed by atoms with Gasteiger partial charge < -0.3 is 10.1 Å². The van der Waals surface area contributed by atoms with Gasteiger partial charge in [0.25, 0.3) is 0 Å². The van der Waals surface area contributed by atoms with Crippen LogP contribution in [0.5, 0.6) is 5.88 Å². The molecule has 0 bridgehead atoms. The van der Waals surface area contributed by atoms with Crippen LogP contribution in [0.4, 0.5) is 0 Å². The summed E-state index contributed by atoms with van der Waals surface area (Å²) in [6.45, 7) is 2.75. The molecule has 0 saturated heterocycles. The molecular weight excluding hydrogens is 295 g/mol. The molecule has 0 aliphatic rings. The van der Waals surface area contributed by atoms with E-state index in [1.54, 1.807) is 19.4 Å². The number of nitrogens with zero attached hydrogens (tertiary/aromatic N) is 1. The van der Waals surface area contributed by atoms with Crippen molar-refractivity contribution in [3.63, 3.8) is 0 Å². The lowest BCUT2D eigenvalue weighted by Gasteiger charge is -2.16. The second kappa shape index (κ2) is 6.93. The van der Waals surface area contributed by atoms with Gasteiger partial charge in [0.15, 0.2) is 0 Å². The summed E-state index contributed by atoms with van der Waals surface area (Å²) < 4.78 is 5.03. The quantitative estimate of drug-likeness (QED) is 0.896. The Balaban J connectivity index is 2.00. The molecular formula is C15H16Cl2N2O. The van der Waals surface area contributed by atoms with Crippen LogP contribution >= 0.6 is 23.2 Å². The first kappa shape index (κ1) is 15.1. The third-order valence-electron chi connectivity index (χ3n) is 3.04. The second-order valence-corrected chi connectivity index (χ2v) is 5.32. The van der Waals surface area contributed by atoms with Crippen LogP contribution < -0.4 is 10.1 Å². The molecule has 0 saturated carbocycles. The Morgan fingerprint density at radius 1 is 1.25 bits per heavy atom. The number of aromatic nitrogens is 1. The van der Waals surface area contributed by atoms with Gasteiger partial charge in [-0.15, -0.1) is 0 Å². The van der Waals surface area contributed by atoms with Gasteiger partial charge in [0.05, 0.1) is 7.11 Å². The fourth-order valence-electron chi connectivity index (χ4n) is 1.86. The zero-order valence-corrected chi connectivity index (χ0v) is 12.9. The number of hydrogen-bond donors (Lipinski definition) is 1. The normalized spacial score (nSPS) is 12.2. The van der Waals surface area contributed by atoms with Crippen molar-refractivity contribution >= 4 is 23.2 Å². The summed E-state index contributed by atoms with van der Waals surface area (Å²) in [5.41, 5.74) is 2.07. The average molecular weight is 311 g/mol.